The number of rotatable bonds is 4. The molecule has 1 aromatic heterocycles. The molecule has 0 bridgehead atoms. The molecular formula is C16H25N3O. The quantitative estimate of drug-likeness (QED) is 0.911. The molecule has 3 rings (SSSR count). The van der Waals surface area contributed by atoms with Gasteiger partial charge in [0.1, 0.15) is 5.82 Å². The van der Waals surface area contributed by atoms with Crippen LogP contribution in [0.1, 0.15) is 31.2 Å². The molecular weight excluding hydrogens is 250 g/mol. The van der Waals surface area contributed by atoms with Crippen molar-refractivity contribution in [1.29, 1.82) is 0 Å². The summed E-state index contributed by atoms with van der Waals surface area (Å²) in [5.74, 6) is 1.92. The van der Waals surface area contributed by atoms with Crippen molar-refractivity contribution < 1.29 is 5.11 Å². The molecule has 0 saturated carbocycles. The number of pyridine rings is 1. The first-order chi connectivity index (χ1) is 9.85. The third kappa shape index (κ3) is 3.30. The topological polar surface area (TPSA) is 39.6 Å². The van der Waals surface area contributed by atoms with Crippen molar-refractivity contribution in [1.82, 2.24) is 9.88 Å². The minimum atomic E-state index is 0.0746. The zero-order valence-corrected chi connectivity index (χ0v) is 12.2. The van der Waals surface area contributed by atoms with Crippen LogP contribution in [0.25, 0.3) is 0 Å². The molecule has 0 radical (unpaired) electrons. The molecule has 0 aromatic carbocycles. The van der Waals surface area contributed by atoms with Crippen LogP contribution in [-0.4, -0.2) is 47.7 Å². The highest BCUT2D eigenvalue weighted by atomic mass is 16.3. The van der Waals surface area contributed by atoms with Gasteiger partial charge in [-0.05, 0) is 56.3 Å². The zero-order valence-electron chi connectivity index (χ0n) is 12.2. The van der Waals surface area contributed by atoms with Gasteiger partial charge >= 0.3 is 0 Å². The number of piperidine rings is 1. The molecule has 0 atom stereocenters. The summed E-state index contributed by atoms with van der Waals surface area (Å²) in [6.07, 6.45) is 7.12. The molecule has 0 spiro atoms. The monoisotopic (exact) mass is 275 g/mol. The van der Waals surface area contributed by atoms with Gasteiger partial charge in [0.25, 0.3) is 0 Å². The number of nitrogens with zero attached hydrogens (tertiary/aromatic N) is 3. The molecule has 1 N–H and O–H groups in total. The summed E-state index contributed by atoms with van der Waals surface area (Å²) in [6.45, 7) is 6.22. The lowest BCUT2D eigenvalue weighted by Crippen LogP contribution is -2.38. The third-order valence-electron chi connectivity index (χ3n) is 4.65. The Hall–Kier alpha value is -1.13. The average molecular weight is 275 g/mol. The van der Waals surface area contributed by atoms with Crippen molar-refractivity contribution in [3.05, 3.63) is 23.9 Å². The highest BCUT2D eigenvalue weighted by Gasteiger charge is 2.23. The molecule has 0 aliphatic carbocycles. The Labute approximate surface area is 121 Å². The fraction of sp³-hybridized carbons (Fsp3) is 0.688. The largest absolute Gasteiger partial charge is 0.392 e. The van der Waals surface area contributed by atoms with Crippen LogP contribution in [0, 0.1) is 5.92 Å². The Morgan fingerprint density at radius 1 is 1.10 bits per heavy atom. The van der Waals surface area contributed by atoms with E-state index in [1.165, 1.54) is 45.3 Å². The number of hydrogen-bond donors (Lipinski definition) is 1. The summed E-state index contributed by atoms with van der Waals surface area (Å²) in [5, 5.41) is 9.05. The molecule has 2 saturated heterocycles. The van der Waals surface area contributed by atoms with Crippen LogP contribution in [0.3, 0.4) is 0 Å². The van der Waals surface area contributed by atoms with E-state index >= 15 is 0 Å². The van der Waals surface area contributed by atoms with E-state index in [0.29, 0.717) is 0 Å². The van der Waals surface area contributed by atoms with Gasteiger partial charge in [-0.2, -0.15) is 0 Å². The second kappa shape index (κ2) is 6.55. The summed E-state index contributed by atoms with van der Waals surface area (Å²) < 4.78 is 0. The predicted molar refractivity (Wildman–Crippen MR) is 80.8 cm³/mol. The molecule has 4 heteroatoms. The van der Waals surface area contributed by atoms with E-state index in [1.807, 2.05) is 12.1 Å². The Bertz CT molecular complexity index is 406. The van der Waals surface area contributed by atoms with Gasteiger partial charge in [-0.25, -0.2) is 4.98 Å². The van der Waals surface area contributed by atoms with E-state index in [-0.39, 0.29) is 6.61 Å². The number of aliphatic hydroxyl groups is 1. The van der Waals surface area contributed by atoms with Crippen molar-refractivity contribution in [2.45, 2.75) is 32.3 Å². The standard InChI is InChI=1S/C16H25N3O/c20-13-15-3-4-16(17-11-15)19-9-5-14(6-10-19)12-18-7-1-2-8-18/h3-4,11,14,20H,1-2,5-10,12-13H2. The SMILES string of the molecule is OCc1ccc(N2CCC(CN3CCCC3)CC2)nc1. The molecule has 2 aliphatic heterocycles. The highest BCUT2D eigenvalue weighted by molar-refractivity contribution is 5.39. The average Bonchev–Trinajstić information content (AvgIpc) is 3.01. The van der Waals surface area contributed by atoms with Crippen LogP contribution in [0.15, 0.2) is 18.3 Å². The van der Waals surface area contributed by atoms with Gasteiger partial charge < -0.3 is 14.9 Å². The molecule has 2 aliphatic rings. The Morgan fingerprint density at radius 2 is 1.85 bits per heavy atom. The summed E-state index contributed by atoms with van der Waals surface area (Å²) in [6, 6.07) is 4.00. The van der Waals surface area contributed by atoms with Crippen LogP contribution in [0.5, 0.6) is 0 Å². The fourth-order valence-corrected chi connectivity index (χ4v) is 3.37. The first-order valence-electron chi connectivity index (χ1n) is 7.88. The second-order valence-corrected chi connectivity index (χ2v) is 6.12. The number of anilines is 1. The van der Waals surface area contributed by atoms with Crippen molar-refractivity contribution >= 4 is 5.82 Å². The van der Waals surface area contributed by atoms with E-state index in [2.05, 4.69) is 14.8 Å². The maximum Gasteiger partial charge on any atom is 0.128 e. The molecule has 110 valence electrons. The zero-order chi connectivity index (χ0) is 13.8. The maximum atomic E-state index is 9.05. The van der Waals surface area contributed by atoms with Crippen molar-refractivity contribution in [2.24, 2.45) is 5.92 Å². The smallest absolute Gasteiger partial charge is 0.128 e. The van der Waals surface area contributed by atoms with Gasteiger partial charge in [0.2, 0.25) is 0 Å². The van der Waals surface area contributed by atoms with Crippen molar-refractivity contribution in [3.63, 3.8) is 0 Å². The van der Waals surface area contributed by atoms with Crippen LogP contribution in [0.2, 0.25) is 0 Å². The van der Waals surface area contributed by atoms with Crippen LogP contribution in [-0.2, 0) is 6.61 Å². The van der Waals surface area contributed by atoms with Gasteiger partial charge in [-0.15, -0.1) is 0 Å². The van der Waals surface area contributed by atoms with Crippen molar-refractivity contribution in [3.8, 4) is 0 Å². The lowest BCUT2D eigenvalue weighted by Gasteiger charge is -2.34. The Morgan fingerprint density at radius 3 is 2.45 bits per heavy atom. The van der Waals surface area contributed by atoms with Gasteiger partial charge in [0.15, 0.2) is 0 Å². The lowest BCUT2D eigenvalue weighted by atomic mass is 9.96. The van der Waals surface area contributed by atoms with Gasteiger partial charge in [0, 0.05) is 25.8 Å². The van der Waals surface area contributed by atoms with E-state index in [0.717, 1.165) is 30.4 Å². The van der Waals surface area contributed by atoms with Crippen LogP contribution >= 0.6 is 0 Å². The maximum absolute atomic E-state index is 9.05. The highest BCUT2D eigenvalue weighted by Crippen LogP contribution is 2.23. The first kappa shape index (κ1) is 13.8. The molecule has 1 aromatic rings. The normalized spacial score (nSPS) is 21.6. The summed E-state index contributed by atoms with van der Waals surface area (Å²) in [7, 11) is 0. The summed E-state index contributed by atoms with van der Waals surface area (Å²) in [5.41, 5.74) is 0.887. The minimum absolute atomic E-state index is 0.0746. The van der Waals surface area contributed by atoms with Crippen LogP contribution in [0.4, 0.5) is 5.82 Å². The number of aromatic nitrogens is 1. The molecule has 0 amide bonds. The second-order valence-electron chi connectivity index (χ2n) is 6.12. The van der Waals surface area contributed by atoms with Crippen molar-refractivity contribution in [2.75, 3.05) is 37.6 Å². The lowest BCUT2D eigenvalue weighted by molar-refractivity contribution is 0.249. The molecule has 4 nitrogen and oxygen atoms in total. The Kier molecular flexibility index (Phi) is 4.53. The van der Waals surface area contributed by atoms with Gasteiger partial charge in [0.05, 0.1) is 6.61 Å². The number of likely N-dealkylation sites (tertiary alicyclic amines) is 1. The molecule has 0 unspecified atom stereocenters. The summed E-state index contributed by atoms with van der Waals surface area (Å²) in [4.78, 5) is 9.47. The fourth-order valence-electron chi connectivity index (χ4n) is 3.37. The van der Waals surface area contributed by atoms with E-state index in [1.54, 1.807) is 6.20 Å². The number of hydrogen-bond acceptors (Lipinski definition) is 4. The first-order valence-corrected chi connectivity index (χ1v) is 7.88. The molecule has 2 fully saturated rings. The van der Waals surface area contributed by atoms with Gasteiger partial charge in [-0.1, -0.05) is 6.07 Å². The predicted octanol–water partition coefficient (Wildman–Crippen LogP) is 1.89. The van der Waals surface area contributed by atoms with E-state index in [4.69, 9.17) is 5.11 Å². The van der Waals surface area contributed by atoms with Gasteiger partial charge in [-0.3, -0.25) is 0 Å². The Balaban J connectivity index is 1.49. The molecule has 20 heavy (non-hydrogen) atoms. The number of aliphatic hydroxyl groups excluding tert-OH is 1. The third-order valence-corrected chi connectivity index (χ3v) is 4.65. The summed E-state index contributed by atoms with van der Waals surface area (Å²) >= 11 is 0. The van der Waals surface area contributed by atoms with E-state index in [9.17, 15) is 0 Å². The minimum Gasteiger partial charge on any atom is -0.392 e. The molecule has 3 heterocycles. The van der Waals surface area contributed by atoms with E-state index < -0.39 is 0 Å². The van der Waals surface area contributed by atoms with Crippen LogP contribution < -0.4 is 4.90 Å².